The number of carbonyl (C=O) groups is 1. The van der Waals surface area contributed by atoms with E-state index in [4.69, 9.17) is 0 Å². The molecule has 0 bridgehead atoms. The molecule has 4 heteroatoms. The van der Waals surface area contributed by atoms with Gasteiger partial charge in [0.15, 0.2) is 0 Å². The van der Waals surface area contributed by atoms with Crippen molar-refractivity contribution in [1.29, 1.82) is 0 Å². The third-order valence-electron chi connectivity index (χ3n) is 3.97. The van der Waals surface area contributed by atoms with Gasteiger partial charge in [-0.05, 0) is 42.9 Å². The van der Waals surface area contributed by atoms with Crippen LogP contribution in [0.25, 0.3) is 0 Å². The maximum absolute atomic E-state index is 12.2. The van der Waals surface area contributed by atoms with E-state index in [9.17, 15) is 4.79 Å². The van der Waals surface area contributed by atoms with Crippen molar-refractivity contribution in [2.45, 2.75) is 24.5 Å². The Hall–Kier alpha value is -1.78. The zero-order valence-corrected chi connectivity index (χ0v) is 15.3. The summed E-state index contributed by atoms with van der Waals surface area (Å²) in [5.74, 6) is 0.915. The minimum absolute atomic E-state index is 0.00409. The highest BCUT2D eigenvalue weighted by Crippen LogP contribution is 2.22. The highest BCUT2D eigenvalue weighted by molar-refractivity contribution is 7.98. The molecular weight excluding hydrogens is 316 g/mol. The van der Waals surface area contributed by atoms with Crippen LogP contribution in [-0.2, 0) is 5.75 Å². The molecule has 0 unspecified atom stereocenters. The lowest BCUT2D eigenvalue weighted by Gasteiger charge is -2.17. The molecule has 2 aromatic carbocycles. The first-order valence-electron chi connectivity index (χ1n) is 8.50. The second-order valence-electron chi connectivity index (χ2n) is 5.58. The van der Waals surface area contributed by atoms with Crippen molar-refractivity contribution in [1.82, 2.24) is 10.2 Å². The average Bonchev–Trinajstić information content (AvgIpc) is 2.64. The van der Waals surface area contributed by atoms with E-state index in [2.05, 4.69) is 36.2 Å². The smallest absolute Gasteiger partial charge is 0.251 e. The van der Waals surface area contributed by atoms with Gasteiger partial charge in [0, 0.05) is 29.3 Å². The van der Waals surface area contributed by atoms with Gasteiger partial charge in [0.05, 0.1) is 0 Å². The van der Waals surface area contributed by atoms with Gasteiger partial charge < -0.3 is 10.2 Å². The second kappa shape index (κ2) is 10.2. The monoisotopic (exact) mass is 342 g/mol. The van der Waals surface area contributed by atoms with Crippen LogP contribution in [-0.4, -0.2) is 37.0 Å². The third kappa shape index (κ3) is 6.02. The van der Waals surface area contributed by atoms with Gasteiger partial charge in [-0.25, -0.2) is 0 Å². The van der Waals surface area contributed by atoms with Crippen molar-refractivity contribution in [3.8, 4) is 0 Å². The summed E-state index contributed by atoms with van der Waals surface area (Å²) in [6, 6.07) is 18.2. The molecule has 0 aliphatic rings. The van der Waals surface area contributed by atoms with E-state index in [1.54, 1.807) is 11.8 Å². The molecule has 128 valence electrons. The maximum atomic E-state index is 12.2. The number of carbonyl (C=O) groups excluding carboxylic acids is 1. The van der Waals surface area contributed by atoms with Crippen molar-refractivity contribution < 1.29 is 4.79 Å². The number of hydrogen-bond donors (Lipinski definition) is 1. The maximum Gasteiger partial charge on any atom is 0.251 e. The number of likely N-dealkylation sites (N-methyl/N-ethyl adjacent to an activating group) is 1. The Morgan fingerprint density at radius 2 is 1.67 bits per heavy atom. The van der Waals surface area contributed by atoms with Gasteiger partial charge in [-0.2, -0.15) is 0 Å². The summed E-state index contributed by atoms with van der Waals surface area (Å²) in [7, 11) is 0. The third-order valence-corrected chi connectivity index (χ3v) is 5.06. The summed E-state index contributed by atoms with van der Waals surface area (Å²) in [6.45, 7) is 7.88. The number of nitrogens with zero attached hydrogens (tertiary/aromatic N) is 1. The van der Waals surface area contributed by atoms with Crippen LogP contribution in [0.2, 0.25) is 0 Å². The Morgan fingerprint density at radius 1 is 1.00 bits per heavy atom. The van der Waals surface area contributed by atoms with Gasteiger partial charge in [0.25, 0.3) is 5.91 Å². The van der Waals surface area contributed by atoms with Crippen LogP contribution in [0, 0.1) is 0 Å². The summed E-state index contributed by atoms with van der Waals surface area (Å²) >= 11 is 1.80. The standard InChI is InChI=1S/C20H26N2OS/c1-3-22(4-2)15-14-21-20(23)18-12-10-17(11-13-18)16-24-19-8-6-5-7-9-19/h5-13H,3-4,14-16H2,1-2H3,(H,21,23). The summed E-state index contributed by atoms with van der Waals surface area (Å²) in [5, 5.41) is 2.99. The molecule has 2 rings (SSSR count). The van der Waals surface area contributed by atoms with Crippen LogP contribution in [0.15, 0.2) is 59.5 Å². The zero-order valence-electron chi connectivity index (χ0n) is 14.5. The van der Waals surface area contributed by atoms with Crippen molar-refractivity contribution in [3.05, 3.63) is 65.7 Å². The van der Waals surface area contributed by atoms with E-state index in [0.717, 1.165) is 31.0 Å². The van der Waals surface area contributed by atoms with Gasteiger partial charge in [-0.3, -0.25) is 4.79 Å². The lowest BCUT2D eigenvalue weighted by Crippen LogP contribution is -2.34. The summed E-state index contributed by atoms with van der Waals surface area (Å²) in [4.78, 5) is 15.7. The van der Waals surface area contributed by atoms with Crippen molar-refractivity contribution in [2.24, 2.45) is 0 Å². The molecule has 0 spiro atoms. The molecule has 2 aromatic rings. The first-order chi connectivity index (χ1) is 11.7. The van der Waals surface area contributed by atoms with Crippen LogP contribution in [0.5, 0.6) is 0 Å². The molecule has 0 atom stereocenters. The van der Waals surface area contributed by atoms with Gasteiger partial charge in [-0.1, -0.05) is 44.2 Å². The van der Waals surface area contributed by atoms with Crippen LogP contribution in [0.3, 0.4) is 0 Å². The van der Waals surface area contributed by atoms with E-state index >= 15 is 0 Å². The Kier molecular flexibility index (Phi) is 7.86. The molecule has 0 aliphatic heterocycles. The number of nitrogens with one attached hydrogen (secondary N) is 1. The first-order valence-corrected chi connectivity index (χ1v) is 9.48. The Morgan fingerprint density at radius 3 is 2.29 bits per heavy atom. The molecule has 0 fully saturated rings. The first kappa shape index (κ1) is 18.6. The summed E-state index contributed by atoms with van der Waals surface area (Å²) < 4.78 is 0. The highest BCUT2D eigenvalue weighted by Gasteiger charge is 2.06. The molecule has 0 radical (unpaired) electrons. The van der Waals surface area contributed by atoms with Crippen molar-refractivity contribution in [3.63, 3.8) is 0 Å². The van der Waals surface area contributed by atoms with E-state index in [1.807, 2.05) is 42.5 Å². The summed E-state index contributed by atoms with van der Waals surface area (Å²) in [5.41, 5.74) is 1.95. The number of benzene rings is 2. The minimum Gasteiger partial charge on any atom is -0.351 e. The van der Waals surface area contributed by atoms with Crippen molar-refractivity contribution in [2.75, 3.05) is 26.2 Å². The number of thioether (sulfide) groups is 1. The molecular formula is C20H26N2OS. The lowest BCUT2D eigenvalue weighted by molar-refractivity contribution is 0.0949. The Labute approximate surface area is 149 Å². The predicted octanol–water partition coefficient (Wildman–Crippen LogP) is 4.05. The molecule has 0 aromatic heterocycles. The van der Waals surface area contributed by atoms with Gasteiger partial charge in [0.2, 0.25) is 0 Å². The fourth-order valence-corrected chi connectivity index (χ4v) is 3.28. The number of amides is 1. The molecule has 24 heavy (non-hydrogen) atoms. The van der Waals surface area contributed by atoms with Crippen LogP contribution in [0.1, 0.15) is 29.8 Å². The molecule has 3 nitrogen and oxygen atoms in total. The van der Waals surface area contributed by atoms with Gasteiger partial charge >= 0.3 is 0 Å². The highest BCUT2D eigenvalue weighted by atomic mass is 32.2. The molecule has 1 amide bonds. The van der Waals surface area contributed by atoms with E-state index in [-0.39, 0.29) is 5.91 Å². The number of rotatable bonds is 9. The van der Waals surface area contributed by atoms with Crippen LogP contribution >= 0.6 is 11.8 Å². The van der Waals surface area contributed by atoms with E-state index in [0.29, 0.717) is 6.54 Å². The molecule has 0 saturated heterocycles. The Balaban J connectivity index is 1.79. The topological polar surface area (TPSA) is 32.3 Å². The Bertz CT molecular complexity index is 609. The molecule has 0 heterocycles. The fraction of sp³-hybridized carbons (Fsp3) is 0.350. The number of hydrogen-bond acceptors (Lipinski definition) is 3. The SMILES string of the molecule is CCN(CC)CCNC(=O)c1ccc(CSc2ccccc2)cc1. The minimum atomic E-state index is 0.00409. The van der Waals surface area contributed by atoms with E-state index in [1.165, 1.54) is 10.5 Å². The second-order valence-corrected chi connectivity index (χ2v) is 6.63. The van der Waals surface area contributed by atoms with E-state index < -0.39 is 0 Å². The summed E-state index contributed by atoms with van der Waals surface area (Å²) in [6.07, 6.45) is 0. The van der Waals surface area contributed by atoms with Crippen molar-refractivity contribution >= 4 is 17.7 Å². The van der Waals surface area contributed by atoms with Gasteiger partial charge in [-0.15, -0.1) is 11.8 Å². The van der Waals surface area contributed by atoms with Crippen LogP contribution < -0.4 is 5.32 Å². The molecule has 0 saturated carbocycles. The zero-order chi connectivity index (χ0) is 17.2. The van der Waals surface area contributed by atoms with Gasteiger partial charge in [0.1, 0.15) is 0 Å². The van der Waals surface area contributed by atoms with Crippen LogP contribution in [0.4, 0.5) is 0 Å². The predicted molar refractivity (Wildman–Crippen MR) is 103 cm³/mol. The molecule has 0 aliphatic carbocycles. The normalized spacial score (nSPS) is 10.8. The quantitative estimate of drug-likeness (QED) is 0.698. The largest absolute Gasteiger partial charge is 0.351 e. The average molecular weight is 343 g/mol. The fourth-order valence-electron chi connectivity index (χ4n) is 2.41. The lowest BCUT2D eigenvalue weighted by atomic mass is 10.1. The molecule has 1 N–H and O–H groups in total.